The number of hydrogen-bond acceptors (Lipinski definition) is 4. The van der Waals surface area contributed by atoms with Crippen LogP contribution in [0.4, 0.5) is 5.69 Å². The number of fused-ring (bicyclic) bond motifs is 3. The van der Waals surface area contributed by atoms with Crippen LogP contribution in [0.15, 0.2) is 24.3 Å². The Bertz CT molecular complexity index is 647. The third-order valence-corrected chi connectivity index (χ3v) is 5.62. The van der Waals surface area contributed by atoms with Gasteiger partial charge in [-0.05, 0) is 43.7 Å². The second-order valence-corrected chi connectivity index (χ2v) is 6.69. The molecule has 1 aromatic rings. The number of benzene rings is 1. The van der Waals surface area contributed by atoms with E-state index in [1.54, 1.807) is 0 Å². The molecule has 2 bridgehead atoms. The fourth-order valence-corrected chi connectivity index (χ4v) is 4.57. The molecule has 4 atom stereocenters. The quantitative estimate of drug-likeness (QED) is 0.353. The van der Waals surface area contributed by atoms with Crippen LogP contribution in [0.1, 0.15) is 36.0 Å². The van der Waals surface area contributed by atoms with Crippen molar-refractivity contribution in [2.45, 2.75) is 31.3 Å². The Morgan fingerprint density at radius 3 is 2.82 bits per heavy atom. The van der Waals surface area contributed by atoms with E-state index in [9.17, 15) is 9.59 Å². The summed E-state index contributed by atoms with van der Waals surface area (Å²) in [4.78, 5) is 24.4. The molecular formula is C16H20N4O2. The lowest BCUT2D eigenvalue weighted by Crippen LogP contribution is -2.68. The fourth-order valence-electron chi connectivity index (χ4n) is 4.57. The highest BCUT2D eigenvalue weighted by Crippen LogP contribution is 2.51. The number of carbonyl (C=O) groups is 2. The average Bonchev–Trinajstić information content (AvgIpc) is 2.54. The van der Waals surface area contributed by atoms with Gasteiger partial charge in [-0.3, -0.25) is 15.0 Å². The molecule has 5 N–H and O–H groups in total. The van der Waals surface area contributed by atoms with Crippen LogP contribution in [0.2, 0.25) is 0 Å². The molecule has 3 saturated carbocycles. The number of para-hydroxylation sites is 1. The molecule has 6 heteroatoms. The summed E-state index contributed by atoms with van der Waals surface area (Å²) in [5.41, 5.74) is 3.45. The standard InChI is InChI=1S/C16H20N4O2/c17-20-15(22)12-7-10-6-5-9(12)8-16(10)18-13-4-2-1-3-11(13)14(21)19-16/h1-4,9-10,12,18H,5-8,17H2,(H,19,21)(H,20,22)/t9-,10+,12+,16-/m0/s1. The number of nitrogens with one attached hydrogen (secondary N) is 3. The van der Waals surface area contributed by atoms with Gasteiger partial charge in [0.1, 0.15) is 5.66 Å². The van der Waals surface area contributed by atoms with Crippen LogP contribution in [0.3, 0.4) is 0 Å². The van der Waals surface area contributed by atoms with E-state index in [2.05, 4.69) is 16.1 Å². The van der Waals surface area contributed by atoms with E-state index in [-0.39, 0.29) is 29.6 Å². The maximum Gasteiger partial charge on any atom is 0.255 e. The van der Waals surface area contributed by atoms with Gasteiger partial charge >= 0.3 is 0 Å². The molecule has 1 aromatic carbocycles. The predicted molar refractivity (Wildman–Crippen MR) is 81.5 cm³/mol. The number of nitrogens with two attached hydrogens (primary N) is 1. The topological polar surface area (TPSA) is 96.2 Å². The van der Waals surface area contributed by atoms with Gasteiger partial charge in [-0.2, -0.15) is 0 Å². The maximum atomic E-state index is 12.5. The zero-order valence-corrected chi connectivity index (χ0v) is 12.3. The van der Waals surface area contributed by atoms with Crippen LogP contribution in [-0.2, 0) is 4.79 Å². The Labute approximate surface area is 128 Å². The molecule has 4 aliphatic rings. The van der Waals surface area contributed by atoms with Crippen LogP contribution in [-0.4, -0.2) is 17.5 Å². The van der Waals surface area contributed by atoms with Crippen molar-refractivity contribution in [2.75, 3.05) is 5.32 Å². The predicted octanol–water partition coefficient (Wildman–Crippen LogP) is 0.964. The minimum Gasteiger partial charge on any atom is -0.362 e. The maximum absolute atomic E-state index is 12.5. The van der Waals surface area contributed by atoms with Crippen LogP contribution >= 0.6 is 0 Å². The second-order valence-electron chi connectivity index (χ2n) is 6.69. The summed E-state index contributed by atoms with van der Waals surface area (Å²) in [6, 6.07) is 7.58. The van der Waals surface area contributed by atoms with E-state index in [0.29, 0.717) is 5.56 Å². The van der Waals surface area contributed by atoms with Gasteiger partial charge in [0.2, 0.25) is 5.91 Å². The number of anilines is 1. The molecule has 1 spiro atoms. The fraction of sp³-hybridized carbons (Fsp3) is 0.500. The highest BCUT2D eigenvalue weighted by Gasteiger charge is 2.55. The first-order valence-corrected chi connectivity index (χ1v) is 7.83. The van der Waals surface area contributed by atoms with Gasteiger partial charge in [-0.25, -0.2) is 5.84 Å². The Kier molecular flexibility index (Phi) is 2.91. The van der Waals surface area contributed by atoms with Gasteiger partial charge in [-0.15, -0.1) is 0 Å². The normalized spacial score (nSPS) is 35.5. The smallest absolute Gasteiger partial charge is 0.255 e. The Morgan fingerprint density at radius 2 is 2.09 bits per heavy atom. The molecule has 0 radical (unpaired) electrons. The minimum absolute atomic E-state index is 0.0262. The summed E-state index contributed by atoms with van der Waals surface area (Å²) < 4.78 is 0. The van der Waals surface area contributed by atoms with E-state index in [4.69, 9.17) is 5.84 Å². The third kappa shape index (κ3) is 1.83. The lowest BCUT2D eigenvalue weighted by molar-refractivity contribution is -0.132. The molecule has 0 unspecified atom stereocenters. The monoisotopic (exact) mass is 300 g/mol. The lowest BCUT2D eigenvalue weighted by Gasteiger charge is -2.56. The first-order chi connectivity index (χ1) is 10.6. The molecule has 1 aliphatic heterocycles. The zero-order valence-electron chi connectivity index (χ0n) is 12.3. The third-order valence-electron chi connectivity index (χ3n) is 5.62. The average molecular weight is 300 g/mol. The van der Waals surface area contributed by atoms with E-state index in [0.717, 1.165) is 31.4 Å². The Hall–Kier alpha value is -2.08. The van der Waals surface area contributed by atoms with Crippen molar-refractivity contribution in [1.82, 2.24) is 10.7 Å². The minimum atomic E-state index is -0.417. The van der Waals surface area contributed by atoms with Gasteiger partial charge in [-0.1, -0.05) is 12.1 Å². The van der Waals surface area contributed by atoms with Crippen molar-refractivity contribution in [2.24, 2.45) is 23.6 Å². The van der Waals surface area contributed by atoms with Crippen molar-refractivity contribution >= 4 is 17.5 Å². The van der Waals surface area contributed by atoms with Crippen LogP contribution in [0.25, 0.3) is 0 Å². The molecule has 116 valence electrons. The van der Waals surface area contributed by atoms with Gasteiger partial charge in [0.05, 0.1) is 5.56 Å². The summed E-state index contributed by atoms with van der Waals surface area (Å²) in [6.45, 7) is 0. The summed E-state index contributed by atoms with van der Waals surface area (Å²) >= 11 is 0. The number of rotatable bonds is 1. The molecule has 3 fully saturated rings. The van der Waals surface area contributed by atoms with Crippen molar-refractivity contribution in [3.63, 3.8) is 0 Å². The number of amides is 2. The molecule has 3 aliphatic carbocycles. The second kappa shape index (κ2) is 4.71. The first-order valence-electron chi connectivity index (χ1n) is 7.83. The van der Waals surface area contributed by atoms with Gasteiger partial charge in [0.25, 0.3) is 5.91 Å². The van der Waals surface area contributed by atoms with Crippen LogP contribution in [0.5, 0.6) is 0 Å². The molecule has 22 heavy (non-hydrogen) atoms. The highest BCUT2D eigenvalue weighted by atomic mass is 16.2. The molecule has 5 rings (SSSR count). The van der Waals surface area contributed by atoms with Gasteiger partial charge in [0, 0.05) is 17.5 Å². The zero-order chi connectivity index (χ0) is 15.3. The molecule has 0 aromatic heterocycles. The molecule has 6 nitrogen and oxygen atoms in total. The van der Waals surface area contributed by atoms with E-state index >= 15 is 0 Å². The van der Waals surface area contributed by atoms with Crippen LogP contribution in [0, 0.1) is 17.8 Å². The number of hydrogen-bond donors (Lipinski definition) is 4. The summed E-state index contributed by atoms with van der Waals surface area (Å²) in [6.07, 6.45) is 3.58. The Balaban J connectivity index is 1.65. The first kappa shape index (κ1) is 13.6. The molecule has 1 heterocycles. The molecule has 0 saturated heterocycles. The number of carbonyl (C=O) groups excluding carboxylic acids is 2. The van der Waals surface area contributed by atoms with E-state index in [1.165, 1.54) is 0 Å². The Morgan fingerprint density at radius 1 is 1.27 bits per heavy atom. The van der Waals surface area contributed by atoms with E-state index in [1.807, 2.05) is 24.3 Å². The van der Waals surface area contributed by atoms with Gasteiger partial charge in [0.15, 0.2) is 0 Å². The van der Waals surface area contributed by atoms with Crippen molar-refractivity contribution in [3.05, 3.63) is 29.8 Å². The van der Waals surface area contributed by atoms with Gasteiger partial charge < -0.3 is 10.6 Å². The van der Waals surface area contributed by atoms with E-state index < -0.39 is 5.66 Å². The summed E-state index contributed by atoms with van der Waals surface area (Å²) in [7, 11) is 0. The molecular weight excluding hydrogens is 280 g/mol. The molecule has 2 amide bonds. The SMILES string of the molecule is NNC(=O)[C@@H]1C[C@H]2CC[C@H]1C[C@]21NC(=O)c2ccccc2N1. The summed E-state index contributed by atoms with van der Waals surface area (Å²) in [5, 5.41) is 6.74. The van der Waals surface area contributed by atoms with Crippen LogP contribution < -0.4 is 21.9 Å². The van der Waals surface area contributed by atoms with Crippen molar-refractivity contribution in [3.8, 4) is 0 Å². The van der Waals surface area contributed by atoms with Crippen molar-refractivity contribution < 1.29 is 9.59 Å². The largest absolute Gasteiger partial charge is 0.362 e. The lowest BCUT2D eigenvalue weighted by atomic mass is 9.58. The summed E-state index contributed by atoms with van der Waals surface area (Å²) in [5.74, 6) is 5.67. The van der Waals surface area contributed by atoms with Crippen molar-refractivity contribution in [1.29, 1.82) is 0 Å². The highest BCUT2D eigenvalue weighted by molar-refractivity contribution is 6.02. The number of hydrazine groups is 1.